The van der Waals surface area contributed by atoms with Gasteiger partial charge in [0.2, 0.25) is 10.0 Å². The van der Waals surface area contributed by atoms with Crippen molar-refractivity contribution in [1.29, 1.82) is 0 Å². The van der Waals surface area contributed by atoms with Crippen molar-refractivity contribution in [1.82, 2.24) is 9.62 Å². The molecular formula is C19H21FN2O5S. The van der Waals surface area contributed by atoms with Crippen LogP contribution in [0.15, 0.2) is 47.4 Å². The molecule has 1 aliphatic rings. The second-order valence-electron chi connectivity index (χ2n) is 6.16. The summed E-state index contributed by atoms with van der Waals surface area (Å²) in [6, 6.07) is 10.3. The third kappa shape index (κ3) is 4.32. The van der Waals surface area contributed by atoms with Gasteiger partial charge in [-0.2, -0.15) is 4.31 Å². The molecule has 0 aromatic heterocycles. The summed E-state index contributed by atoms with van der Waals surface area (Å²) < 4.78 is 51.3. The summed E-state index contributed by atoms with van der Waals surface area (Å²) in [6.07, 6.45) is 0. The molecule has 1 fully saturated rings. The lowest BCUT2D eigenvalue weighted by molar-refractivity contribution is 0.0729. The molecule has 1 amide bonds. The van der Waals surface area contributed by atoms with Crippen molar-refractivity contribution in [3.05, 3.63) is 59.4 Å². The van der Waals surface area contributed by atoms with Gasteiger partial charge >= 0.3 is 0 Å². The molecule has 0 radical (unpaired) electrons. The Hall–Kier alpha value is -2.49. The molecule has 9 heteroatoms. The van der Waals surface area contributed by atoms with Gasteiger partial charge in [-0.15, -0.1) is 0 Å². The number of morpholine rings is 1. The molecule has 3 rings (SSSR count). The Morgan fingerprint density at radius 1 is 1.21 bits per heavy atom. The first kappa shape index (κ1) is 20.2. The van der Waals surface area contributed by atoms with Crippen LogP contribution >= 0.6 is 0 Å². The lowest BCUT2D eigenvalue weighted by atomic mass is 10.2. The minimum atomic E-state index is -3.85. The molecule has 0 saturated carbocycles. The normalized spacial score (nSPS) is 15.2. The molecule has 0 spiro atoms. The average molecular weight is 408 g/mol. The lowest BCUT2D eigenvalue weighted by Crippen LogP contribution is -2.40. The molecule has 0 aliphatic carbocycles. The number of sulfonamides is 1. The van der Waals surface area contributed by atoms with E-state index in [9.17, 15) is 17.6 Å². The lowest BCUT2D eigenvalue weighted by Gasteiger charge is -2.26. The number of ether oxygens (including phenoxy) is 2. The van der Waals surface area contributed by atoms with Gasteiger partial charge in [0.05, 0.1) is 20.3 Å². The molecule has 1 heterocycles. The Bertz CT molecular complexity index is 959. The zero-order chi connectivity index (χ0) is 20.1. The van der Waals surface area contributed by atoms with E-state index in [-0.39, 0.29) is 35.8 Å². The quantitative estimate of drug-likeness (QED) is 0.788. The molecule has 2 aromatic carbocycles. The van der Waals surface area contributed by atoms with Crippen LogP contribution in [0.4, 0.5) is 4.39 Å². The molecular weight excluding hydrogens is 387 g/mol. The molecule has 0 bridgehead atoms. The predicted molar refractivity (Wildman–Crippen MR) is 100 cm³/mol. The van der Waals surface area contributed by atoms with E-state index in [1.165, 1.54) is 35.7 Å². The number of nitrogens with one attached hydrogen (secondary N) is 1. The fraction of sp³-hybridized carbons (Fsp3) is 0.316. The number of nitrogens with zero attached hydrogens (tertiary/aromatic N) is 1. The summed E-state index contributed by atoms with van der Waals surface area (Å²) in [7, 11) is -2.48. The number of amides is 1. The van der Waals surface area contributed by atoms with Gasteiger partial charge in [-0.05, 0) is 24.3 Å². The minimum Gasteiger partial charge on any atom is -0.495 e. The highest BCUT2D eigenvalue weighted by atomic mass is 32.2. The van der Waals surface area contributed by atoms with Crippen LogP contribution in [0.25, 0.3) is 0 Å². The van der Waals surface area contributed by atoms with Gasteiger partial charge in [-0.1, -0.05) is 18.2 Å². The van der Waals surface area contributed by atoms with Crippen molar-refractivity contribution in [2.24, 2.45) is 0 Å². The first-order chi connectivity index (χ1) is 13.4. The largest absolute Gasteiger partial charge is 0.495 e. The number of carbonyl (C=O) groups is 1. The van der Waals surface area contributed by atoms with Crippen LogP contribution in [0.1, 0.15) is 15.9 Å². The zero-order valence-electron chi connectivity index (χ0n) is 15.4. The van der Waals surface area contributed by atoms with E-state index in [1.807, 2.05) is 0 Å². The maximum atomic E-state index is 13.7. The highest BCUT2D eigenvalue weighted by Crippen LogP contribution is 2.28. The van der Waals surface area contributed by atoms with E-state index < -0.39 is 21.7 Å². The van der Waals surface area contributed by atoms with Gasteiger partial charge in [-0.3, -0.25) is 4.79 Å². The van der Waals surface area contributed by atoms with Crippen LogP contribution < -0.4 is 10.1 Å². The van der Waals surface area contributed by atoms with E-state index in [0.29, 0.717) is 18.8 Å². The maximum absolute atomic E-state index is 13.7. The van der Waals surface area contributed by atoms with Crippen molar-refractivity contribution < 1.29 is 27.1 Å². The topological polar surface area (TPSA) is 84.9 Å². The van der Waals surface area contributed by atoms with E-state index >= 15 is 0 Å². The molecule has 0 unspecified atom stereocenters. The molecule has 0 atom stereocenters. The number of benzene rings is 2. The Labute approximate surface area is 163 Å². The second kappa shape index (κ2) is 8.68. The number of rotatable bonds is 6. The minimum absolute atomic E-state index is 0.0108. The summed E-state index contributed by atoms with van der Waals surface area (Å²) >= 11 is 0. The molecule has 7 nitrogen and oxygen atoms in total. The van der Waals surface area contributed by atoms with Gasteiger partial charge in [0.25, 0.3) is 5.91 Å². The van der Waals surface area contributed by atoms with Crippen molar-refractivity contribution in [3.8, 4) is 5.75 Å². The van der Waals surface area contributed by atoms with Crippen molar-refractivity contribution in [2.75, 3.05) is 33.4 Å². The number of hydrogen-bond donors (Lipinski definition) is 1. The standard InChI is InChI=1S/C19H21FN2O5S/c1-26-17-7-6-14(19(23)21-13-15-4-2-3-5-16(15)20)12-18(17)28(24,25)22-8-10-27-11-9-22/h2-7,12H,8-11,13H2,1H3,(H,21,23). The number of hydrogen-bond acceptors (Lipinski definition) is 5. The summed E-state index contributed by atoms with van der Waals surface area (Å²) in [5.74, 6) is -0.783. The monoisotopic (exact) mass is 408 g/mol. The molecule has 150 valence electrons. The number of carbonyl (C=O) groups excluding carboxylic acids is 1. The van der Waals surface area contributed by atoms with Gasteiger partial charge in [0, 0.05) is 30.8 Å². The summed E-state index contributed by atoms with van der Waals surface area (Å²) in [5.41, 5.74) is 0.481. The summed E-state index contributed by atoms with van der Waals surface area (Å²) in [5, 5.41) is 2.60. The molecule has 2 aromatic rings. The Morgan fingerprint density at radius 3 is 2.61 bits per heavy atom. The van der Waals surface area contributed by atoms with Gasteiger partial charge in [-0.25, -0.2) is 12.8 Å². The van der Waals surface area contributed by atoms with Crippen LogP contribution in [0.3, 0.4) is 0 Å². The van der Waals surface area contributed by atoms with Gasteiger partial charge in [0.15, 0.2) is 0 Å². The number of methoxy groups -OCH3 is 1. The molecule has 1 N–H and O–H groups in total. The fourth-order valence-electron chi connectivity index (χ4n) is 2.86. The van der Waals surface area contributed by atoms with Gasteiger partial charge < -0.3 is 14.8 Å². The number of halogens is 1. The van der Waals surface area contributed by atoms with Crippen LogP contribution in [0.2, 0.25) is 0 Å². The van der Waals surface area contributed by atoms with Crippen molar-refractivity contribution >= 4 is 15.9 Å². The second-order valence-corrected chi connectivity index (χ2v) is 8.06. The van der Waals surface area contributed by atoms with Crippen LogP contribution in [-0.4, -0.2) is 52.0 Å². The van der Waals surface area contributed by atoms with Crippen LogP contribution in [0, 0.1) is 5.82 Å². The maximum Gasteiger partial charge on any atom is 0.251 e. The summed E-state index contributed by atoms with van der Waals surface area (Å²) in [6.45, 7) is 1.07. The van der Waals surface area contributed by atoms with Crippen LogP contribution in [0.5, 0.6) is 5.75 Å². The van der Waals surface area contributed by atoms with E-state index in [1.54, 1.807) is 18.2 Å². The van der Waals surface area contributed by atoms with Crippen molar-refractivity contribution in [2.45, 2.75) is 11.4 Å². The third-order valence-electron chi connectivity index (χ3n) is 4.41. The smallest absolute Gasteiger partial charge is 0.251 e. The third-order valence-corrected chi connectivity index (χ3v) is 6.33. The highest BCUT2D eigenvalue weighted by molar-refractivity contribution is 7.89. The molecule has 1 saturated heterocycles. The molecule has 28 heavy (non-hydrogen) atoms. The van der Waals surface area contributed by atoms with E-state index in [4.69, 9.17) is 9.47 Å². The Kier molecular flexibility index (Phi) is 6.28. The first-order valence-corrected chi connectivity index (χ1v) is 10.1. The van der Waals surface area contributed by atoms with E-state index in [2.05, 4.69) is 5.32 Å². The average Bonchev–Trinajstić information content (AvgIpc) is 2.73. The SMILES string of the molecule is COc1ccc(C(=O)NCc2ccccc2F)cc1S(=O)(=O)N1CCOCC1. The molecule has 1 aliphatic heterocycles. The van der Waals surface area contributed by atoms with Crippen molar-refractivity contribution in [3.63, 3.8) is 0 Å². The van der Waals surface area contributed by atoms with Gasteiger partial charge in [0.1, 0.15) is 16.5 Å². The summed E-state index contributed by atoms with van der Waals surface area (Å²) in [4.78, 5) is 12.4. The fourth-order valence-corrected chi connectivity index (χ4v) is 4.45. The zero-order valence-corrected chi connectivity index (χ0v) is 16.2. The Morgan fingerprint density at radius 2 is 1.93 bits per heavy atom. The Balaban J connectivity index is 1.84. The van der Waals surface area contributed by atoms with E-state index in [0.717, 1.165) is 0 Å². The predicted octanol–water partition coefficient (Wildman–Crippen LogP) is 1.79. The first-order valence-electron chi connectivity index (χ1n) is 8.71. The van der Waals surface area contributed by atoms with Crippen LogP contribution in [-0.2, 0) is 21.3 Å². The highest BCUT2D eigenvalue weighted by Gasteiger charge is 2.30.